The molecule has 1 N–H and O–H groups in total. The van der Waals surface area contributed by atoms with Gasteiger partial charge in [0.2, 0.25) is 0 Å². The summed E-state index contributed by atoms with van der Waals surface area (Å²) in [4.78, 5) is 16.1. The Hall–Kier alpha value is -0.980. The van der Waals surface area contributed by atoms with Gasteiger partial charge in [-0.15, -0.1) is 0 Å². The highest BCUT2D eigenvalue weighted by Gasteiger charge is 2.44. The molecule has 1 fully saturated rings. The van der Waals surface area contributed by atoms with Crippen LogP contribution in [0.5, 0.6) is 0 Å². The van der Waals surface area contributed by atoms with Crippen LogP contribution in [0.4, 0.5) is 10.5 Å². The molecule has 2 amide bonds. The van der Waals surface area contributed by atoms with Crippen molar-refractivity contribution in [2.75, 3.05) is 31.1 Å². The highest BCUT2D eigenvalue weighted by molar-refractivity contribution is 14.1. The molecule has 1 aromatic carbocycles. The minimum Gasteiger partial charge on any atom is -0.371 e. The highest BCUT2D eigenvalue weighted by Crippen LogP contribution is 2.46. The highest BCUT2D eigenvalue weighted by atomic mass is 127. The number of fused-ring (bicyclic) bond motifs is 2. The summed E-state index contributed by atoms with van der Waals surface area (Å²) in [7, 11) is 0. The lowest BCUT2D eigenvalue weighted by atomic mass is 9.74. The number of carbonyl (C=O) groups is 1. The number of piperidine rings is 1. The van der Waals surface area contributed by atoms with E-state index in [-0.39, 0.29) is 11.4 Å². The molecular weight excluding hydrogens is 365 g/mol. The summed E-state index contributed by atoms with van der Waals surface area (Å²) < 4.78 is 2.70. The zero-order valence-corrected chi connectivity index (χ0v) is 13.9. The van der Waals surface area contributed by atoms with Crippen LogP contribution in [0.2, 0.25) is 0 Å². The van der Waals surface area contributed by atoms with Crippen LogP contribution < -0.4 is 8.43 Å². The van der Waals surface area contributed by atoms with Crippen LogP contribution in [0.25, 0.3) is 0 Å². The summed E-state index contributed by atoms with van der Waals surface area (Å²) in [5.41, 5.74) is 3.12. The van der Waals surface area contributed by atoms with Crippen molar-refractivity contribution < 1.29 is 4.79 Å². The molecule has 0 atom stereocenters. The van der Waals surface area contributed by atoms with Gasteiger partial charge >= 0.3 is 6.03 Å². The summed E-state index contributed by atoms with van der Waals surface area (Å²) >= 11 is 1.92. The number of para-hydroxylation sites is 1. The summed E-state index contributed by atoms with van der Waals surface area (Å²) in [5, 5.41) is 0. The largest absolute Gasteiger partial charge is 0.371 e. The average Bonchev–Trinajstić information content (AvgIpc) is 2.82. The maximum Gasteiger partial charge on any atom is 0.326 e. The molecule has 0 aliphatic carbocycles. The van der Waals surface area contributed by atoms with Gasteiger partial charge in [0.15, 0.2) is 0 Å². The summed E-state index contributed by atoms with van der Waals surface area (Å²) in [6, 6.07) is 8.82. The van der Waals surface area contributed by atoms with Gasteiger partial charge in [0, 0.05) is 37.3 Å². The Balaban J connectivity index is 1.84. The molecule has 0 unspecified atom stereocenters. The van der Waals surface area contributed by atoms with Crippen LogP contribution in [0, 0.1) is 0 Å². The van der Waals surface area contributed by atoms with Crippen LogP contribution in [0.1, 0.15) is 25.3 Å². The second-order valence-electron chi connectivity index (χ2n) is 5.70. The lowest BCUT2D eigenvalue weighted by Gasteiger charge is -2.39. The Bertz CT molecular complexity index is 512. The number of nitrogens with one attached hydrogen (secondary N) is 1. The topological polar surface area (TPSA) is 35.6 Å². The van der Waals surface area contributed by atoms with E-state index in [9.17, 15) is 4.79 Å². The zero-order chi connectivity index (χ0) is 14.2. The number of hydrogen-bond acceptors (Lipinski definition) is 2. The van der Waals surface area contributed by atoms with Crippen LogP contribution in [0.3, 0.4) is 0 Å². The third kappa shape index (κ3) is 2.16. The van der Waals surface area contributed by atoms with Gasteiger partial charge in [0.1, 0.15) is 0 Å². The first-order valence-corrected chi connectivity index (χ1v) is 8.28. The Kier molecular flexibility index (Phi) is 3.79. The molecule has 1 aromatic rings. The molecule has 2 aliphatic heterocycles. The number of anilines is 1. The van der Waals surface area contributed by atoms with Crippen LogP contribution >= 0.6 is 22.9 Å². The van der Waals surface area contributed by atoms with Gasteiger partial charge < -0.3 is 9.80 Å². The molecule has 5 heteroatoms. The van der Waals surface area contributed by atoms with Crippen LogP contribution in [-0.2, 0) is 5.41 Å². The molecule has 0 saturated carbocycles. The quantitative estimate of drug-likeness (QED) is 0.596. The van der Waals surface area contributed by atoms with E-state index in [1.165, 1.54) is 11.3 Å². The van der Waals surface area contributed by atoms with Gasteiger partial charge in [-0.1, -0.05) is 18.2 Å². The van der Waals surface area contributed by atoms with E-state index in [0.717, 1.165) is 39.0 Å². The fraction of sp³-hybridized carbons (Fsp3) is 0.533. The van der Waals surface area contributed by atoms with Crippen molar-refractivity contribution in [1.82, 2.24) is 8.43 Å². The molecule has 0 aromatic heterocycles. The molecular formula is C15H20IN3O. The Morgan fingerprint density at radius 3 is 2.70 bits per heavy atom. The predicted octanol–water partition coefficient (Wildman–Crippen LogP) is 2.92. The van der Waals surface area contributed by atoms with Crippen molar-refractivity contribution in [3.05, 3.63) is 29.8 Å². The van der Waals surface area contributed by atoms with Crippen molar-refractivity contribution in [2.45, 2.75) is 25.2 Å². The smallest absolute Gasteiger partial charge is 0.326 e. The number of rotatable bonds is 1. The number of hydrogen-bond donors (Lipinski definition) is 1. The van der Waals surface area contributed by atoms with Gasteiger partial charge in [0.25, 0.3) is 0 Å². The molecule has 108 valence electrons. The van der Waals surface area contributed by atoms with Crippen LogP contribution in [0.15, 0.2) is 24.3 Å². The molecule has 1 spiro atoms. The first-order valence-electron chi connectivity index (χ1n) is 7.20. The lowest BCUT2D eigenvalue weighted by molar-refractivity contribution is 0.167. The first kappa shape index (κ1) is 14.0. The van der Waals surface area contributed by atoms with E-state index < -0.39 is 0 Å². The van der Waals surface area contributed by atoms with Crippen molar-refractivity contribution >= 4 is 34.6 Å². The SMILES string of the molecule is CCN1CC2(CCN(C(=O)NI)CC2)c2ccccc21. The van der Waals surface area contributed by atoms with Gasteiger partial charge in [0.05, 0.1) is 22.9 Å². The molecule has 0 bridgehead atoms. The molecule has 0 radical (unpaired) electrons. The normalized spacial score (nSPS) is 20.1. The number of carbonyl (C=O) groups excluding carboxylic acids is 1. The number of benzene rings is 1. The third-order valence-electron chi connectivity index (χ3n) is 4.78. The first-order chi connectivity index (χ1) is 9.70. The Labute approximate surface area is 134 Å². The summed E-state index contributed by atoms with van der Waals surface area (Å²) in [6.07, 6.45) is 2.12. The maximum atomic E-state index is 11.7. The predicted molar refractivity (Wildman–Crippen MR) is 89.4 cm³/mol. The van der Waals surface area contributed by atoms with Gasteiger partial charge in [-0.05, 0) is 31.4 Å². The standard InChI is InChI=1S/C15H20IN3O/c1-2-18-11-15(12-5-3-4-6-13(12)18)7-9-19(10-8-15)14(20)17-16/h3-6H,2,7-11H2,1H3,(H,17,20). The third-order valence-corrected chi connectivity index (χ3v) is 5.24. The molecule has 20 heavy (non-hydrogen) atoms. The Morgan fingerprint density at radius 2 is 2.05 bits per heavy atom. The van der Waals surface area contributed by atoms with E-state index in [1.807, 2.05) is 27.8 Å². The monoisotopic (exact) mass is 385 g/mol. The van der Waals surface area contributed by atoms with Crippen molar-refractivity contribution in [1.29, 1.82) is 0 Å². The number of halogens is 1. The van der Waals surface area contributed by atoms with E-state index >= 15 is 0 Å². The number of likely N-dealkylation sites (N-methyl/N-ethyl adjacent to an activating group) is 1. The fourth-order valence-corrected chi connectivity index (χ4v) is 3.98. The summed E-state index contributed by atoms with van der Waals surface area (Å²) in [6.45, 7) is 6.06. The van der Waals surface area contributed by atoms with Crippen molar-refractivity contribution in [3.8, 4) is 0 Å². The molecule has 4 nitrogen and oxygen atoms in total. The zero-order valence-electron chi connectivity index (χ0n) is 11.7. The molecule has 2 aliphatic rings. The number of nitrogens with zero attached hydrogens (tertiary/aromatic N) is 2. The van der Waals surface area contributed by atoms with E-state index in [0.29, 0.717) is 0 Å². The fourth-order valence-electron chi connectivity index (χ4n) is 3.64. The number of likely N-dealkylation sites (tertiary alicyclic amines) is 1. The molecule has 3 rings (SSSR count). The van der Waals surface area contributed by atoms with Gasteiger partial charge in [-0.2, -0.15) is 0 Å². The Morgan fingerprint density at radius 1 is 1.35 bits per heavy atom. The maximum absolute atomic E-state index is 11.7. The minimum atomic E-state index is 0.0408. The molecule has 2 heterocycles. The summed E-state index contributed by atoms with van der Waals surface area (Å²) in [5.74, 6) is 0. The van der Waals surface area contributed by atoms with Gasteiger partial charge in [-0.25, -0.2) is 4.79 Å². The van der Waals surface area contributed by atoms with E-state index in [4.69, 9.17) is 0 Å². The minimum absolute atomic E-state index is 0.0408. The van der Waals surface area contributed by atoms with E-state index in [1.54, 1.807) is 0 Å². The van der Waals surface area contributed by atoms with Gasteiger partial charge in [-0.3, -0.25) is 3.53 Å². The molecule has 1 saturated heterocycles. The number of amides is 2. The second-order valence-corrected chi connectivity index (χ2v) is 6.24. The van der Waals surface area contributed by atoms with Crippen LogP contribution in [-0.4, -0.2) is 37.1 Å². The average molecular weight is 385 g/mol. The number of urea groups is 1. The van der Waals surface area contributed by atoms with Crippen molar-refractivity contribution in [3.63, 3.8) is 0 Å². The second kappa shape index (κ2) is 5.42. The van der Waals surface area contributed by atoms with E-state index in [2.05, 4.69) is 39.6 Å². The van der Waals surface area contributed by atoms with Crippen molar-refractivity contribution in [2.24, 2.45) is 0 Å². The lowest BCUT2D eigenvalue weighted by Crippen LogP contribution is -2.48.